The van der Waals surface area contributed by atoms with Crippen LogP contribution in [-0.2, 0) is 9.59 Å². The molecule has 1 aliphatic heterocycles. The van der Waals surface area contributed by atoms with Crippen LogP contribution in [0.25, 0.3) is 5.76 Å². The maximum atomic E-state index is 13.5. The fourth-order valence-electron chi connectivity index (χ4n) is 4.71. The van der Waals surface area contributed by atoms with E-state index < -0.39 is 17.7 Å². The van der Waals surface area contributed by atoms with Crippen LogP contribution in [0.3, 0.4) is 0 Å². The van der Waals surface area contributed by atoms with Crippen molar-refractivity contribution in [2.45, 2.75) is 59.6 Å². The zero-order valence-electron chi connectivity index (χ0n) is 22.8. The Bertz CT molecular complexity index is 1370. The van der Waals surface area contributed by atoms with Crippen LogP contribution in [0.15, 0.2) is 72.3 Å². The minimum Gasteiger partial charge on any atom is -0.507 e. The number of aliphatic hydroxyl groups excluding tert-OH is 1. The summed E-state index contributed by atoms with van der Waals surface area (Å²) in [5.74, 6) is -0.00535. The van der Waals surface area contributed by atoms with Gasteiger partial charge in [-0.2, -0.15) is 0 Å². The highest BCUT2D eigenvalue weighted by atomic mass is 16.5. The molecule has 0 aliphatic carbocycles. The number of Topliss-reactive ketones (excluding diaryl/α,β-unsaturated/α-hetero) is 1. The Balaban J connectivity index is 1.88. The predicted octanol–water partition coefficient (Wildman–Crippen LogP) is 6.93. The van der Waals surface area contributed by atoms with Crippen LogP contribution in [0, 0.1) is 6.92 Å². The number of nitrogens with zero attached hydrogens (tertiary/aromatic N) is 1. The first-order chi connectivity index (χ1) is 18.1. The van der Waals surface area contributed by atoms with E-state index in [4.69, 9.17) is 9.47 Å². The molecule has 1 amide bonds. The van der Waals surface area contributed by atoms with Crippen LogP contribution in [0.1, 0.15) is 68.8 Å². The van der Waals surface area contributed by atoms with E-state index in [1.54, 1.807) is 18.2 Å². The highest BCUT2D eigenvalue weighted by Gasteiger charge is 2.47. The molecule has 1 N–H and O–H groups in total. The number of amides is 1. The molecule has 1 unspecified atom stereocenters. The van der Waals surface area contributed by atoms with Crippen molar-refractivity contribution in [3.05, 3.63) is 94.6 Å². The van der Waals surface area contributed by atoms with Gasteiger partial charge in [0.1, 0.15) is 17.3 Å². The van der Waals surface area contributed by atoms with Crippen LogP contribution in [0.2, 0.25) is 0 Å². The van der Waals surface area contributed by atoms with Crippen LogP contribution < -0.4 is 14.4 Å². The molecule has 3 aromatic rings. The van der Waals surface area contributed by atoms with Crippen LogP contribution in [0.4, 0.5) is 5.69 Å². The Hall–Kier alpha value is -4.06. The van der Waals surface area contributed by atoms with E-state index >= 15 is 0 Å². The zero-order chi connectivity index (χ0) is 27.6. The van der Waals surface area contributed by atoms with Gasteiger partial charge in [0.2, 0.25) is 0 Å². The van der Waals surface area contributed by atoms with Crippen molar-refractivity contribution in [3.8, 4) is 11.5 Å². The molecule has 6 heteroatoms. The molecular weight excluding hydrogens is 478 g/mol. The van der Waals surface area contributed by atoms with E-state index in [9.17, 15) is 14.7 Å². The molecule has 198 valence electrons. The van der Waals surface area contributed by atoms with Gasteiger partial charge in [-0.05, 0) is 92.8 Å². The van der Waals surface area contributed by atoms with Crippen molar-refractivity contribution < 1.29 is 24.2 Å². The minimum atomic E-state index is -0.827. The number of anilines is 1. The Morgan fingerprint density at radius 2 is 1.68 bits per heavy atom. The monoisotopic (exact) mass is 513 g/mol. The first-order valence-electron chi connectivity index (χ1n) is 13.0. The summed E-state index contributed by atoms with van der Waals surface area (Å²) in [6, 6.07) is 19.3. The van der Waals surface area contributed by atoms with E-state index in [0.29, 0.717) is 40.8 Å². The number of carbonyl (C=O) groups is 2. The van der Waals surface area contributed by atoms with E-state index in [2.05, 4.69) is 13.8 Å². The molecule has 1 fully saturated rings. The number of rotatable bonds is 8. The van der Waals surface area contributed by atoms with Gasteiger partial charge in [0, 0.05) is 11.3 Å². The maximum Gasteiger partial charge on any atom is 0.300 e. The molecule has 4 rings (SSSR count). The molecule has 0 aromatic heterocycles. The second-order valence-electron chi connectivity index (χ2n) is 10.1. The van der Waals surface area contributed by atoms with E-state index in [0.717, 1.165) is 11.1 Å². The van der Waals surface area contributed by atoms with E-state index in [1.807, 2.05) is 76.2 Å². The standard InChI is InChI=1S/C32H35NO5/c1-7-37-26-10-8-9-23(18-26)29-28(30(34)24-13-16-27(21(6)17-24)38-20(4)5)31(35)32(36)33(29)25-14-11-22(12-15-25)19(2)3/h8-20,29,34H,7H2,1-6H3/b30-28+. The zero-order valence-corrected chi connectivity index (χ0v) is 22.8. The van der Waals surface area contributed by atoms with Gasteiger partial charge < -0.3 is 14.6 Å². The number of aryl methyl sites for hydroxylation is 1. The van der Waals surface area contributed by atoms with Crippen molar-refractivity contribution in [2.75, 3.05) is 11.5 Å². The first kappa shape index (κ1) is 27.0. The molecule has 38 heavy (non-hydrogen) atoms. The largest absolute Gasteiger partial charge is 0.507 e. The van der Waals surface area contributed by atoms with Gasteiger partial charge >= 0.3 is 0 Å². The lowest BCUT2D eigenvalue weighted by molar-refractivity contribution is -0.132. The topological polar surface area (TPSA) is 76.1 Å². The van der Waals surface area contributed by atoms with Crippen molar-refractivity contribution in [2.24, 2.45) is 0 Å². The number of benzene rings is 3. The Kier molecular flexibility index (Phi) is 7.91. The maximum absolute atomic E-state index is 13.5. The SMILES string of the molecule is CCOc1cccc(C2/C(=C(\O)c3ccc(OC(C)C)c(C)c3)C(=O)C(=O)N2c2ccc(C(C)C)cc2)c1. The van der Waals surface area contributed by atoms with Gasteiger partial charge in [-0.25, -0.2) is 0 Å². The number of ketones is 1. The molecule has 1 aliphatic rings. The third-order valence-corrected chi connectivity index (χ3v) is 6.58. The summed E-state index contributed by atoms with van der Waals surface area (Å²) in [6.45, 7) is 12.3. The van der Waals surface area contributed by atoms with Crippen molar-refractivity contribution in [1.82, 2.24) is 0 Å². The third-order valence-electron chi connectivity index (χ3n) is 6.58. The number of hydrogen-bond acceptors (Lipinski definition) is 5. The fraction of sp³-hybridized carbons (Fsp3) is 0.312. The molecule has 3 aromatic carbocycles. The third kappa shape index (κ3) is 5.30. The van der Waals surface area contributed by atoms with Crippen LogP contribution in [-0.4, -0.2) is 29.5 Å². The molecule has 0 spiro atoms. The van der Waals surface area contributed by atoms with Crippen molar-refractivity contribution >= 4 is 23.1 Å². The van der Waals surface area contributed by atoms with Gasteiger partial charge in [0.15, 0.2) is 0 Å². The number of carbonyl (C=O) groups excluding carboxylic acids is 2. The molecule has 0 bridgehead atoms. The van der Waals surface area contributed by atoms with Gasteiger partial charge in [-0.3, -0.25) is 14.5 Å². The predicted molar refractivity (Wildman–Crippen MR) is 150 cm³/mol. The van der Waals surface area contributed by atoms with Crippen LogP contribution >= 0.6 is 0 Å². The van der Waals surface area contributed by atoms with E-state index in [1.165, 1.54) is 4.90 Å². The number of aliphatic hydroxyl groups is 1. The van der Waals surface area contributed by atoms with Crippen molar-refractivity contribution in [3.63, 3.8) is 0 Å². The molecule has 1 saturated heterocycles. The summed E-state index contributed by atoms with van der Waals surface area (Å²) in [5.41, 5.74) is 3.67. The average molecular weight is 514 g/mol. The van der Waals surface area contributed by atoms with Gasteiger partial charge in [-0.1, -0.05) is 38.1 Å². The molecule has 0 saturated carbocycles. The Morgan fingerprint density at radius 3 is 2.29 bits per heavy atom. The summed E-state index contributed by atoms with van der Waals surface area (Å²) in [7, 11) is 0. The molecular formula is C32H35NO5. The Labute approximate surface area is 224 Å². The second-order valence-corrected chi connectivity index (χ2v) is 10.1. The highest BCUT2D eigenvalue weighted by Crippen LogP contribution is 2.43. The molecule has 0 radical (unpaired) electrons. The van der Waals surface area contributed by atoms with Gasteiger partial charge in [0.25, 0.3) is 11.7 Å². The quantitative estimate of drug-likeness (QED) is 0.201. The number of ether oxygens (including phenoxy) is 2. The Morgan fingerprint density at radius 1 is 0.974 bits per heavy atom. The second kappa shape index (κ2) is 11.1. The fourth-order valence-corrected chi connectivity index (χ4v) is 4.71. The normalized spacial score (nSPS) is 16.9. The lowest BCUT2D eigenvalue weighted by atomic mass is 9.94. The van der Waals surface area contributed by atoms with Gasteiger partial charge in [0.05, 0.1) is 24.3 Å². The minimum absolute atomic E-state index is 0.00169. The van der Waals surface area contributed by atoms with Crippen LogP contribution in [0.5, 0.6) is 11.5 Å². The average Bonchev–Trinajstić information content (AvgIpc) is 3.15. The molecule has 6 nitrogen and oxygen atoms in total. The summed E-state index contributed by atoms with van der Waals surface area (Å²) < 4.78 is 11.5. The summed E-state index contributed by atoms with van der Waals surface area (Å²) in [5, 5.41) is 11.5. The van der Waals surface area contributed by atoms with Crippen molar-refractivity contribution in [1.29, 1.82) is 0 Å². The summed E-state index contributed by atoms with van der Waals surface area (Å²) in [4.78, 5) is 28.5. The van der Waals surface area contributed by atoms with Gasteiger partial charge in [-0.15, -0.1) is 0 Å². The smallest absolute Gasteiger partial charge is 0.300 e. The highest BCUT2D eigenvalue weighted by molar-refractivity contribution is 6.51. The number of hydrogen-bond donors (Lipinski definition) is 1. The lowest BCUT2D eigenvalue weighted by Crippen LogP contribution is -2.29. The van der Waals surface area contributed by atoms with E-state index in [-0.39, 0.29) is 17.4 Å². The molecule has 1 atom stereocenters. The first-order valence-corrected chi connectivity index (χ1v) is 13.0. The summed E-state index contributed by atoms with van der Waals surface area (Å²) in [6.07, 6.45) is -0.00169. The molecule has 1 heterocycles. The summed E-state index contributed by atoms with van der Waals surface area (Å²) >= 11 is 0. The lowest BCUT2D eigenvalue weighted by Gasteiger charge is -2.26.